The van der Waals surface area contributed by atoms with Crippen LogP contribution in [0.3, 0.4) is 0 Å². The number of thiophene rings is 1. The number of Topliss-reactive ketones (excluding diaryl/α,β-unsaturated/α-hetero) is 1. The molecule has 2 N–H and O–H groups in total. The van der Waals surface area contributed by atoms with Gasteiger partial charge in [0.1, 0.15) is 12.0 Å². The van der Waals surface area contributed by atoms with E-state index in [9.17, 15) is 26.4 Å². The van der Waals surface area contributed by atoms with E-state index < -0.39 is 40.1 Å². The largest absolute Gasteiger partial charge is 0.327 e. The minimum absolute atomic E-state index is 0.122. The van der Waals surface area contributed by atoms with Crippen LogP contribution in [0.4, 0.5) is 13.2 Å². The molecule has 0 aliphatic heterocycles. The number of fused-ring (bicyclic) bond motifs is 1. The maximum atomic E-state index is 13.2. The van der Waals surface area contributed by atoms with E-state index in [1.807, 2.05) is 0 Å². The number of sulfone groups is 1. The van der Waals surface area contributed by atoms with Gasteiger partial charge in [0.25, 0.3) is 5.92 Å². The van der Waals surface area contributed by atoms with Crippen molar-refractivity contribution in [1.82, 2.24) is 0 Å². The summed E-state index contributed by atoms with van der Waals surface area (Å²) in [5.41, 5.74) is 6.67. The van der Waals surface area contributed by atoms with E-state index in [1.165, 1.54) is 11.3 Å². The number of halogens is 3. The Morgan fingerprint density at radius 1 is 1.30 bits per heavy atom. The first-order valence-electron chi connectivity index (χ1n) is 9.23. The van der Waals surface area contributed by atoms with Crippen molar-refractivity contribution in [2.45, 2.75) is 68.0 Å². The molecule has 9 heteroatoms. The Bertz CT molecular complexity index is 875. The molecule has 0 aromatic carbocycles. The summed E-state index contributed by atoms with van der Waals surface area (Å²) in [5.74, 6) is -5.25. The number of ketones is 1. The highest BCUT2D eigenvalue weighted by Gasteiger charge is 2.60. The highest BCUT2D eigenvalue weighted by molar-refractivity contribution is 7.91. The number of aryl methyl sites for hydroxylation is 1. The molecule has 0 radical (unpaired) electrons. The summed E-state index contributed by atoms with van der Waals surface area (Å²) in [6, 6.07) is -0.156. The predicted octanol–water partition coefficient (Wildman–Crippen LogP) is 2.85. The van der Waals surface area contributed by atoms with Gasteiger partial charge in [-0.3, -0.25) is 4.79 Å². The highest BCUT2D eigenvalue weighted by atomic mass is 32.2. The molecule has 4 rings (SSSR count). The van der Waals surface area contributed by atoms with Crippen LogP contribution in [0, 0.1) is 11.8 Å². The molecule has 0 spiro atoms. The number of hydrogen-bond donors (Lipinski definition) is 1. The lowest BCUT2D eigenvalue weighted by Crippen LogP contribution is -2.32. The first kappa shape index (κ1) is 19.4. The molecule has 27 heavy (non-hydrogen) atoms. The zero-order chi connectivity index (χ0) is 19.6. The fourth-order valence-electron chi connectivity index (χ4n) is 4.15. The fraction of sp³-hybridized carbons (Fsp3) is 0.722. The number of alkyl halides is 3. The van der Waals surface area contributed by atoms with Crippen molar-refractivity contribution in [2.24, 2.45) is 17.6 Å². The van der Waals surface area contributed by atoms with Gasteiger partial charge in [-0.1, -0.05) is 0 Å². The summed E-state index contributed by atoms with van der Waals surface area (Å²) in [4.78, 5) is 13.6. The van der Waals surface area contributed by atoms with E-state index in [4.69, 9.17) is 5.73 Å². The van der Waals surface area contributed by atoms with Crippen LogP contribution in [0.15, 0.2) is 4.90 Å². The van der Waals surface area contributed by atoms with Crippen LogP contribution < -0.4 is 5.73 Å². The van der Waals surface area contributed by atoms with Crippen molar-refractivity contribution >= 4 is 27.0 Å². The monoisotopic (exact) mass is 421 g/mol. The van der Waals surface area contributed by atoms with Crippen LogP contribution in [-0.4, -0.2) is 38.1 Å². The van der Waals surface area contributed by atoms with E-state index in [0.717, 1.165) is 11.3 Å². The van der Waals surface area contributed by atoms with Crippen LogP contribution >= 0.6 is 11.3 Å². The van der Waals surface area contributed by atoms with E-state index >= 15 is 0 Å². The van der Waals surface area contributed by atoms with E-state index in [1.54, 1.807) is 0 Å². The van der Waals surface area contributed by atoms with E-state index in [-0.39, 0.29) is 41.9 Å². The minimum Gasteiger partial charge on any atom is -0.327 e. The zero-order valence-electron chi connectivity index (χ0n) is 14.7. The molecule has 4 nitrogen and oxygen atoms in total. The maximum Gasteiger partial charge on any atom is 0.258 e. The molecule has 2 atom stereocenters. The molecule has 150 valence electrons. The van der Waals surface area contributed by atoms with Crippen molar-refractivity contribution in [3.8, 4) is 0 Å². The van der Waals surface area contributed by atoms with E-state index in [2.05, 4.69) is 0 Å². The summed E-state index contributed by atoms with van der Waals surface area (Å²) < 4.78 is 65.7. The SMILES string of the molecule is N[C@H]1CCc2sc(CC(=O)C3CC3(F)F)c(S(=O)(=O)CC3CC(F)C3)c2C1. The van der Waals surface area contributed by atoms with Gasteiger partial charge in [0.15, 0.2) is 9.84 Å². The van der Waals surface area contributed by atoms with Gasteiger partial charge in [-0.05, 0) is 43.6 Å². The molecule has 3 aliphatic carbocycles. The highest BCUT2D eigenvalue weighted by Crippen LogP contribution is 2.50. The number of hydrogen-bond acceptors (Lipinski definition) is 5. The molecule has 1 heterocycles. The summed E-state index contributed by atoms with van der Waals surface area (Å²) >= 11 is 1.24. The number of rotatable bonds is 6. The van der Waals surface area contributed by atoms with Gasteiger partial charge in [-0.2, -0.15) is 0 Å². The second kappa shape index (κ2) is 6.56. The summed E-state index contributed by atoms with van der Waals surface area (Å²) in [7, 11) is -3.73. The smallest absolute Gasteiger partial charge is 0.258 e. The molecule has 0 amide bonds. The summed E-state index contributed by atoms with van der Waals surface area (Å²) in [5, 5.41) is 0. The first-order chi connectivity index (χ1) is 12.6. The molecule has 1 aromatic rings. The molecule has 0 saturated heterocycles. The Hall–Kier alpha value is -0.930. The van der Waals surface area contributed by atoms with Gasteiger partial charge < -0.3 is 5.73 Å². The number of carbonyl (C=O) groups excluding carboxylic acids is 1. The van der Waals surface area contributed by atoms with Gasteiger partial charge in [0.05, 0.1) is 16.6 Å². The van der Waals surface area contributed by atoms with Crippen molar-refractivity contribution in [3.63, 3.8) is 0 Å². The molecule has 1 unspecified atom stereocenters. The second-order valence-electron chi connectivity index (χ2n) is 8.14. The fourth-order valence-corrected chi connectivity index (χ4v) is 8.03. The second-order valence-corrected chi connectivity index (χ2v) is 11.3. The third-order valence-corrected chi connectivity index (χ3v) is 9.26. The van der Waals surface area contributed by atoms with Crippen LogP contribution in [0.5, 0.6) is 0 Å². The third-order valence-electron chi connectivity index (χ3n) is 5.81. The molecule has 2 fully saturated rings. The molecule has 3 aliphatic rings. The summed E-state index contributed by atoms with van der Waals surface area (Å²) in [6.45, 7) is 0. The number of carbonyl (C=O) groups is 1. The quantitative estimate of drug-likeness (QED) is 0.766. The maximum absolute atomic E-state index is 13.2. The average Bonchev–Trinajstić information content (AvgIpc) is 3.01. The lowest BCUT2D eigenvalue weighted by atomic mass is 9.85. The minimum atomic E-state index is -3.73. The number of nitrogens with two attached hydrogens (primary N) is 1. The van der Waals surface area contributed by atoms with Crippen molar-refractivity contribution in [2.75, 3.05) is 5.75 Å². The van der Waals surface area contributed by atoms with Crippen LogP contribution in [0.1, 0.15) is 41.0 Å². The van der Waals surface area contributed by atoms with Crippen molar-refractivity contribution < 1.29 is 26.4 Å². The van der Waals surface area contributed by atoms with Crippen LogP contribution in [-0.2, 0) is 33.9 Å². The standard InChI is InChI=1S/C18H22F3NO3S2/c19-10-3-9(4-10)8-27(24,25)17-12-5-11(22)1-2-15(12)26-16(17)6-14(23)13-7-18(13,20)21/h9-11,13H,1-8,22H2/t9?,10?,11-,13?/m0/s1. The van der Waals surface area contributed by atoms with Crippen molar-refractivity contribution in [3.05, 3.63) is 15.3 Å². The topological polar surface area (TPSA) is 77.2 Å². The Morgan fingerprint density at radius 2 is 1.96 bits per heavy atom. The van der Waals surface area contributed by atoms with Crippen LogP contribution in [0.25, 0.3) is 0 Å². The molecular weight excluding hydrogens is 399 g/mol. The lowest BCUT2D eigenvalue weighted by Gasteiger charge is -2.29. The van der Waals surface area contributed by atoms with E-state index in [0.29, 0.717) is 23.3 Å². The first-order valence-corrected chi connectivity index (χ1v) is 11.7. The van der Waals surface area contributed by atoms with Gasteiger partial charge >= 0.3 is 0 Å². The Kier molecular flexibility index (Phi) is 4.71. The summed E-state index contributed by atoms with van der Waals surface area (Å²) in [6.07, 6.45) is 0.544. The predicted molar refractivity (Wildman–Crippen MR) is 95.8 cm³/mol. The normalized spacial score (nSPS) is 31.9. The molecular formula is C18H22F3NO3S2. The van der Waals surface area contributed by atoms with Gasteiger partial charge in [-0.25, -0.2) is 21.6 Å². The zero-order valence-corrected chi connectivity index (χ0v) is 16.4. The Balaban J connectivity index is 1.65. The average molecular weight is 422 g/mol. The van der Waals surface area contributed by atoms with Gasteiger partial charge in [0, 0.05) is 28.6 Å². The Morgan fingerprint density at radius 3 is 2.56 bits per heavy atom. The molecule has 1 aromatic heterocycles. The molecule has 0 bridgehead atoms. The van der Waals surface area contributed by atoms with Gasteiger partial charge in [-0.15, -0.1) is 11.3 Å². The third kappa shape index (κ3) is 3.70. The lowest BCUT2D eigenvalue weighted by molar-refractivity contribution is -0.121. The van der Waals surface area contributed by atoms with Gasteiger partial charge in [0.2, 0.25) is 0 Å². The van der Waals surface area contributed by atoms with Crippen molar-refractivity contribution in [1.29, 1.82) is 0 Å². The Labute approximate surface area is 160 Å². The van der Waals surface area contributed by atoms with Crippen LogP contribution in [0.2, 0.25) is 0 Å². The molecule has 2 saturated carbocycles.